The lowest BCUT2D eigenvalue weighted by atomic mass is 10.1. The summed E-state index contributed by atoms with van der Waals surface area (Å²) in [7, 11) is 0. The summed E-state index contributed by atoms with van der Waals surface area (Å²) in [6, 6.07) is 13.3. The van der Waals surface area contributed by atoms with Gasteiger partial charge in [0.25, 0.3) is 0 Å². The van der Waals surface area contributed by atoms with Crippen molar-refractivity contribution in [2.75, 3.05) is 18.4 Å². The summed E-state index contributed by atoms with van der Waals surface area (Å²) in [6.07, 6.45) is 1.61. The Balaban J connectivity index is 1.38. The molecule has 162 valence electrons. The average Bonchev–Trinajstić information content (AvgIpc) is 3.11. The Hall–Kier alpha value is -3.55. The van der Waals surface area contributed by atoms with Crippen molar-refractivity contribution in [1.29, 1.82) is 0 Å². The third-order valence-corrected chi connectivity index (χ3v) is 5.48. The van der Waals surface area contributed by atoms with E-state index in [2.05, 4.69) is 10.3 Å². The minimum Gasteiger partial charge on any atom is -0.490 e. The number of aromatic nitrogens is 1. The van der Waals surface area contributed by atoms with Crippen LogP contribution in [0.2, 0.25) is 0 Å². The number of fused-ring (bicyclic) bond motifs is 1. The number of aromatic amines is 1. The van der Waals surface area contributed by atoms with Crippen LogP contribution in [-0.4, -0.2) is 46.2 Å². The normalized spacial score (nSPS) is 14.5. The number of amides is 2. The summed E-state index contributed by atoms with van der Waals surface area (Å²) < 4.78 is 18.9. The predicted molar refractivity (Wildman–Crippen MR) is 115 cm³/mol. The van der Waals surface area contributed by atoms with Gasteiger partial charge in [-0.2, -0.15) is 0 Å². The second-order valence-corrected chi connectivity index (χ2v) is 7.61. The van der Waals surface area contributed by atoms with Crippen molar-refractivity contribution in [3.63, 3.8) is 0 Å². The number of carboxylic acid groups (broad SMARTS) is 1. The number of nitrogens with one attached hydrogen (secondary N) is 2. The molecule has 7 nitrogen and oxygen atoms in total. The third-order valence-electron chi connectivity index (χ3n) is 5.48. The number of aryl methyl sites for hydroxylation is 1. The summed E-state index contributed by atoms with van der Waals surface area (Å²) in [5.74, 6) is -0.0353. The van der Waals surface area contributed by atoms with Crippen LogP contribution >= 0.6 is 0 Å². The molecule has 1 aliphatic rings. The number of hydrogen-bond acceptors (Lipinski definition) is 3. The Morgan fingerprint density at radius 3 is 2.55 bits per heavy atom. The Morgan fingerprint density at radius 1 is 1.13 bits per heavy atom. The summed E-state index contributed by atoms with van der Waals surface area (Å²) in [5, 5.41) is 12.9. The number of hydrogen-bond donors (Lipinski definition) is 3. The number of urea groups is 1. The van der Waals surface area contributed by atoms with Crippen molar-refractivity contribution in [1.82, 2.24) is 9.88 Å². The summed E-state index contributed by atoms with van der Waals surface area (Å²) >= 11 is 0. The van der Waals surface area contributed by atoms with Gasteiger partial charge >= 0.3 is 12.0 Å². The number of benzene rings is 2. The predicted octanol–water partition coefficient (Wildman–Crippen LogP) is 4.40. The van der Waals surface area contributed by atoms with E-state index >= 15 is 0 Å². The van der Waals surface area contributed by atoms with E-state index in [1.165, 1.54) is 12.1 Å². The molecule has 1 aromatic heterocycles. The number of likely N-dealkylation sites (tertiary alicyclic amines) is 1. The molecule has 0 unspecified atom stereocenters. The molecule has 0 bridgehead atoms. The van der Waals surface area contributed by atoms with Crippen LogP contribution < -0.4 is 10.1 Å². The topological polar surface area (TPSA) is 94.7 Å². The van der Waals surface area contributed by atoms with E-state index in [0.717, 1.165) is 16.5 Å². The number of rotatable bonds is 6. The van der Waals surface area contributed by atoms with Crippen LogP contribution in [0.5, 0.6) is 5.75 Å². The zero-order chi connectivity index (χ0) is 21.8. The lowest BCUT2D eigenvalue weighted by Gasteiger charge is -2.32. The number of carbonyl (C=O) groups excluding carboxylic acids is 1. The van der Waals surface area contributed by atoms with Crippen molar-refractivity contribution in [2.24, 2.45) is 0 Å². The molecule has 2 aromatic carbocycles. The molecule has 0 aliphatic carbocycles. The van der Waals surface area contributed by atoms with E-state index < -0.39 is 5.97 Å². The molecule has 3 N–H and O–H groups in total. The maximum Gasteiger partial charge on any atom is 0.322 e. The van der Waals surface area contributed by atoms with Gasteiger partial charge < -0.3 is 19.7 Å². The standard InChI is InChI=1S/C23H24FN3O4/c24-15-5-7-16(8-6-15)31-17-11-13-27(14-12-17)23(30)26-22-19(9-10-21(28)29)18-3-1-2-4-20(18)25-22/h1-8,17,25H,9-14H2,(H,26,30)(H,28,29). The smallest absolute Gasteiger partial charge is 0.322 e. The van der Waals surface area contributed by atoms with Gasteiger partial charge in [0.1, 0.15) is 23.5 Å². The van der Waals surface area contributed by atoms with Crippen molar-refractivity contribution in [3.8, 4) is 5.75 Å². The molecule has 0 radical (unpaired) electrons. The number of nitrogens with zero attached hydrogens (tertiary/aromatic N) is 1. The number of anilines is 1. The molecule has 1 saturated heterocycles. The van der Waals surface area contributed by atoms with Gasteiger partial charge in [-0.15, -0.1) is 0 Å². The lowest BCUT2D eigenvalue weighted by molar-refractivity contribution is -0.136. The number of H-pyrrole nitrogens is 1. The number of carboxylic acids is 1. The molecule has 1 fully saturated rings. The molecular formula is C23H24FN3O4. The van der Waals surface area contributed by atoms with Crippen LogP contribution in [0.4, 0.5) is 15.0 Å². The average molecular weight is 425 g/mol. The molecule has 3 aromatic rings. The number of carbonyl (C=O) groups is 2. The van der Waals surface area contributed by atoms with Gasteiger partial charge in [-0.1, -0.05) is 18.2 Å². The van der Waals surface area contributed by atoms with E-state index in [1.54, 1.807) is 17.0 Å². The van der Waals surface area contributed by atoms with Gasteiger partial charge in [0.15, 0.2) is 0 Å². The SMILES string of the molecule is O=C(O)CCc1c(NC(=O)N2CCC(Oc3ccc(F)cc3)CC2)[nH]c2ccccc12. The van der Waals surface area contributed by atoms with Gasteiger partial charge in [0.05, 0.1) is 0 Å². The van der Waals surface area contributed by atoms with Gasteiger partial charge in [0.2, 0.25) is 0 Å². The largest absolute Gasteiger partial charge is 0.490 e. The summed E-state index contributed by atoms with van der Waals surface area (Å²) in [5.41, 5.74) is 1.64. The molecule has 0 atom stereocenters. The zero-order valence-corrected chi connectivity index (χ0v) is 16.9. The van der Waals surface area contributed by atoms with E-state index in [9.17, 15) is 14.0 Å². The first-order valence-corrected chi connectivity index (χ1v) is 10.3. The van der Waals surface area contributed by atoms with E-state index in [4.69, 9.17) is 9.84 Å². The van der Waals surface area contributed by atoms with Crippen molar-refractivity contribution >= 4 is 28.7 Å². The monoisotopic (exact) mass is 425 g/mol. The van der Waals surface area contributed by atoms with E-state index in [1.807, 2.05) is 24.3 Å². The van der Waals surface area contributed by atoms with Gasteiger partial charge in [-0.05, 0) is 36.8 Å². The number of ether oxygens (including phenoxy) is 1. The van der Waals surface area contributed by atoms with Crippen LogP contribution in [0, 0.1) is 5.82 Å². The van der Waals surface area contributed by atoms with Crippen LogP contribution in [-0.2, 0) is 11.2 Å². The third kappa shape index (κ3) is 4.96. The second kappa shape index (κ2) is 9.07. The fourth-order valence-corrected chi connectivity index (χ4v) is 3.87. The number of piperidine rings is 1. The van der Waals surface area contributed by atoms with Crippen LogP contribution in [0.15, 0.2) is 48.5 Å². The molecule has 2 heterocycles. The van der Waals surface area contributed by atoms with Gasteiger partial charge in [-0.3, -0.25) is 10.1 Å². The van der Waals surface area contributed by atoms with E-state index in [-0.39, 0.29) is 24.4 Å². The molecule has 31 heavy (non-hydrogen) atoms. The minimum atomic E-state index is -0.884. The highest BCUT2D eigenvalue weighted by molar-refractivity contribution is 5.96. The number of halogens is 1. The van der Waals surface area contributed by atoms with Crippen molar-refractivity contribution in [2.45, 2.75) is 31.8 Å². The van der Waals surface area contributed by atoms with Crippen LogP contribution in [0.1, 0.15) is 24.8 Å². The van der Waals surface area contributed by atoms with E-state index in [0.29, 0.717) is 43.9 Å². The highest BCUT2D eigenvalue weighted by Gasteiger charge is 2.25. The van der Waals surface area contributed by atoms with Crippen molar-refractivity contribution in [3.05, 3.63) is 59.9 Å². The Morgan fingerprint density at radius 2 is 1.84 bits per heavy atom. The van der Waals surface area contributed by atoms with Crippen LogP contribution in [0.3, 0.4) is 0 Å². The summed E-state index contributed by atoms with van der Waals surface area (Å²) in [4.78, 5) is 28.8. The molecule has 0 spiro atoms. The minimum absolute atomic E-state index is 0.0170. The van der Waals surface area contributed by atoms with Crippen molar-refractivity contribution < 1.29 is 23.8 Å². The van der Waals surface area contributed by atoms with Crippen LogP contribution in [0.25, 0.3) is 10.9 Å². The highest BCUT2D eigenvalue weighted by atomic mass is 19.1. The summed E-state index contributed by atoms with van der Waals surface area (Å²) in [6.45, 7) is 1.06. The molecule has 0 saturated carbocycles. The maximum atomic E-state index is 13.0. The molecule has 2 amide bonds. The fourth-order valence-electron chi connectivity index (χ4n) is 3.87. The number of aliphatic carboxylic acids is 1. The Bertz CT molecular complexity index is 1070. The zero-order valence-electron chi connectivity index (χ0n) is 16.9. The first-order chi connectivity index (χ1) is 15.0. The highest BCUT2D eigenvalue weighted by Crippen LogP contribution is 2.28. The maximum absolute atomic E-state index is 13.0. The van der Waals surface area contributed by atoms with Gasteiger partial charge in [0, 0.05) is 48.8 Å². The second-order valence-electron chi connectivity index (χ2n) is 7.61. The quantitative estimate of drug-likeness (QED) is 0.546. The molecule has 4 rings (SSSR count). The Labute approximate surface area is 178 Å². The molecular weight excluding hydrogens is 401 g/mol. The molecule has 1 aliphatic heterocycles. The lowest BCUT2D eigenvalue weighted by Crippen LogP contribution is -2.43. The molecule has 8 heteroatoms. The number of para-hydroxylation sites is 1. The first-order valence-electron chi connectivity index (χ1n) is 10.3. The Kier molecular flexibility index (Phi) is 6.06. The van der Waals surface area contributed by atoms with Gasteiger partial charge in [-0.25, -0.2) is 9.18 Å². The fraction of sp³-hybridized carbons (Fsp3) is 0.304. The first kappa shape index (κ1) is 20.7.